The predicted octanol–water partition coefficient (Wildman–Crippen LogP) is 7.57. The van der Waals surface area contributed by atoms with Crippen molar-refractivity contribution in [2.24, 2.45) is 0 Å². The van der Waals surface area contributed by atoms with Gasteiger partial charge in [-0.3, -0.25) is 9.35 Å². The smallest absolute Gasteiger partial charge is 0.303 e. The molecule has 2 aromatic rings. The van der Waals surface area contributed by atoms with Gasteiger partial charge in [0.15, 0.2) is 13.1 Å². The zero-order valence-electron chi connectivity index (χ0n) is 31.7. The summed E-state index contributed by atoms with van der Waals surface area (Å²) in [6, 6.07) is 21.1. The average molecular weight is 756 g/mol. The Hall–Kier alpha value is -4.81. The van der Waals surface area contributed by atoms with E-state index in [0.717, 1.165) is 68.9 Å². The number of carboxylic acid groups (broad SMARTS) is 1. The highest BCUT2D eigenvalue weighted by Crippen LogP contribution is 2.48. The Labute approximate surface area is 318 Å². The first-order valence-electron chi connectivity index (χ1n) is 18.2. The molecule has 0 saturated heterocycles. The standard InChI is InChI=1S/C43H50N2O8S/c1-31-35(36-22-20-33(44(25-27-51-4)26-28-52-5)29-39(36)53-42(31)32-15-9-6-10-16-32)17-11-7-12-18-40-43(2,3)37-30-34(54(48,49)50)21-23-38(37)45(40)24-14-8-13-19-41(46)47/h6-7,9-12,15-18,20-23,29-30H,8,13-14,19,24-28H2,1-5H3,(H-,46,47,48,49,50)/p+1. The van der Waals surface area contributed by atoms with Crippen molar-refractivity contribution in [2.75, 3.05) is 52.0 Å². The van der Waals surface area contributed by atoms with Crippen LogP contribution in [0.5, 0.6) is 0 Å². The fourth-order valence-electron chi connectivity index (χ4n) is 7.02. The van der Waals surface area contributed by atoms with Gasteiger partial charge in [-0.2, -0.15) is 8.42 Å². The molecule has 54 heavy (non-hydrogen) atoms. The van der Waals surface area contributed by atoms with Gasteiger partial charge in [0.25, 0.3) is 10.1 Å². The van der Waals surface area contributed by atoms with E-state index in [1.54, 1.807) is 26.4 Å². The van der Waals surface area contributed by atoms with E-state index in [0.29, 0.717) is 39.3 Å². The van der Waals surface area contributed by atoms with Gasteiger partial charge in [-0.25, -0.2) is 4.58 Å². The van der Waals surface area contributed by atoms with Crippen molar-refractivity contribution in [2.45, 2.75) is 56.8 Å². The van der Waals surface area contributed by atoms with Gasteiger partial charge in [-0.15, -0.1) is 0 Å². The van der Waals surface area contributed by atoms with Gasteiger partial charge < -0.3 is 23.9 Å². The van der Waals surface area contributed by atoms with Crippen molar-refractivity contribution in [3.63, 3.8) is 0 Å². The summed E-state index contributed by atoms with van der Waals surface area (Å²) in [6.07, 6.45) is 12.3. The van der Waals surface area contributed by atoms with Gasteiger partial charge in [0.1, 0.15) is 24.7 Å². The van der Waals surface area contributed by atoms with Crippen LogP contribution in [0.3, 0.4) is 0 Å². The molecule has 2 aliphatic heterocycles. The minimum atomic E-state index is -4.38. The number of rotatable bonds is 17. The number of fused-ring (bicyclic) bond motifs is 2. The summed E-state index contributed by atoms with van der Waals surface area (Å²) in [5.41, 5.74) is 6.07. The van der Waals surface area contributed by atoms with E-state index in [-0.39, 0.29) is 11.3 Å². The molecular formula is C43H51N2O8S+. The number of aliphatic carboxylic acids is 1. The summed E-state index contributed by atoms with van der Waals surface area (Å²) in [6.45, 7) is 9.36. The second-order valence-electron chi connectivity index (χ2n) is 13.9. The lowest BCUT2D eigenvalue weighted by Crippen LogP contribution is -2.35. The van der Waals surface area contributed by atoms with Gasteiger partial charge in [-0.05, 0) is 61.2 Å². The largest absolute Gasteiger partial charge is 0.481 e. The number of hydrogen-bond donors (Lipinski definition) is 2. The number of ether oxygens (including phenoxy) is 2. The minimum Gasteiger partial charge on any atom is -0.481 e. The molecule has 0 radical (unpaired) electrons. The van der Waals surface area contributed by atoms with E-state index in [9.17, 15) is 17.8 Å². The summed E-state index contributed by atoms with van der Waals surface area (Å²) < 4.78 is 53.5. The Bertz CT molecular complexity index is 2170. The third kappa shape index (κ3) is 9.46. The topological polar surface area (TPSA) is 130 Å². The first-order chi connectivity index (χ1) is 25.9. The highest BCUT2D eigenvalue weighted by molar-refractivity contribution is 7.85. The molecule has 3 aliphatic rings. The van der Waals surface area contributed by atoms with Crippen LogP contribution in [0.2, 0.25) is 0 Å². The summed E-state index contributed by atoms with van der Waals surface area (Å²) in [5, 5.41) is 10.1. The Kier molecular flexibility index (Phi) is 13.5. The van der Waals surface area contributed by atoms with Crippen molar-refractivity contribution in [3.8, 4) is 22.6 Å². The van der Waals surface area contributed by atoms with Crippen molar-refractivity contribution in [1.82, 2.24) is 4.58 Å². The number of hydrogen-bond acceptors (Lipinski definition) is 7. The third-order valence-corrected chi connectivity index (χ3v) is 10.8. The Morgan fingerprint density at radius 2 is 1.65 bits per heavy atom. The zero-order valence-corrected chi connectivity index (χ0v) is 32.6. The van der Waals surface area contributed by atoms with Crippen LogP contribution in [0.4, 0.5) is 5.69 Å². The van der Waals surface area contributed by atoms with Crippen LogP contribution in [0.25, 0.3) is 28.7 Å². The molecule has 2 N–H and O–H groups in total. The van der Waals surface area contributed by atoms with E-state index >= 15 is 0 Å². The molecule has 286 valence electrons. The molecule has 0 amide bonds. The molecule has 0 unspecified atom stereocenters. The molecule has 0 bridgehead atoms. The summed E-state index contributed by atoms with van der Waals surface area (Å²) >= 11 is 0. The van der Waals surface area contributed by atoms with Crippen molar-refractivity contribution in [3.05, 3.63) is 119 Å². The number of methoxy groups -OCH3 is 2. The number of carboxylic acids is 1. The monoisotopic (exact) mass is 755 g/mol. The first kappa shape index (κ1) is 40.4. The van der Waals surface area contributed by atoms with Gasteiger partial charge in [0, 0.05) is 66.7 Å². The molecule has 1 aliphatic carbocycles. The van der Waals surface area contributed by atoms with Crippen molar-refractivity contribution < 1.29 is 36.8 Å². The number of benzene rings is 3. The Morgan fingerprint density at radius 1 is 0.926 bits per heavy atom. The van der Waals surface area contributed by atoms with Crippen LogP contribution >= 0.6 is 0 Å². The molecule has 0 spiro atoms. The zero-order chi connectivity index (χ0) is 38.9. The van der Waals surface area contributed by atoms with Crippen molar-refractivity contribution in [1.29, 1.82) is 0 Å². The van der Waals surface area contributed by atoms with Crippen LogP contribution in [0, 0.1) is 6.92 Å². The van der Waals surface area contributed by atoms with Crippen LogP contribution in [-0.2, 0) is 29.8 Å². The van der Waals surface area contributed by atoms with E-state index in [1.807, 2.05) is 68.5 Å². The van der Waals surface area contributed by atoms with E-state index in [4.69, 9.17) is 19.0 Å². The number of allylic oxidation sites excluding steroid dienone is 5. The molecule has 11 heteroatoms. The van der Waals surface area contributed by atoms with E-state index in [2.05, 4.69) is 40.7 Å². The molecule has 0 saturated carbocycles. The quantitative estimate of drug-likeness (QED) is 0.0485. The highest BCUT2D eigenvalue weighted by atomic mass is 32.2. The van der Waals surface area contributed by atoms with Crippen LogP contribution in [0.1, 0.15) is 56.2 Å². The highest BCUT2D eigenvalue weighted by Gasteiger charge is 2.40. The molecule has 0 fully saturated rings. The SMILES string of the molecule is COCC[N+](CCOC)=c1ccc2c(C=CC=CC=C3N(CCCCCC(=O)O)c4ccc(S(=O)(=O)O)cc4C3(C)C)c(C)c(-c3ccccc3)oc-2c1. The lowest BCUT2D eigenvalue weighted by molar-refractivity contribution is -0.137. The number of carbonyl (C=O) groups is 1. The second kappa shape index (κ2) is 18.0. The lowest BCUT2D eigenvalue weighted by atomic mass is 9.83. The Balaban J connectivity index is 1.52. The maximum absolute atomic E-state index is 12.0. The third-order valence-electron chi connectivity index (χ3n) is 9.92. The molecule has 0 atom stereocenters. The molecular weight excluding hydrogens is 705 g/mol. The maximum atomic E-state index is 12.0. The predicted molar refractivity (Wildman–Crippen MR) is 213 cm³/mol. The van der Waals surface area contributed by atoms with E-state index in [1.165, 1.54) is 6.07 Å². The molecule has 10 nitrogen and oxygen atoms in total. The molecule has 2 heterocycles. The Morgan fingerprint density at radius 3 is 2.31 bits per heavy atom. The second-order valence-corrected chi connectivity index (χ2v) is 15.3. The summed E-state index contributed by atoms with van der Waals surface area (Å²) in [5.74, 6) is 0.743. The van der Waals surface area contributed by atoms with Gasteiger partial charge >= 0.3 is 5.97 Å². The van der Waals surface area contributed by atoms with Crippen LogP contribution in [0.15, 0.2) is 106 Å². The first-order valence-corrected chi connectivity index (χ1v) is 19.7. The molecule has 2 aromatic carbocycles. The normalized spacial score (nSPS) is 14.9. The van der Waals surface area contributed by atoms with Crippen LogP contribution < -0.4 is 14.8 Å². The van der Waals surface area contributed by atoms with Crippen molar-refractivity contribution >= 4 is 27.9 Å². The minimum absolute atomic E-state index is 0.122. The number of anilines is 1. The maximum Gasteiger partial charge on any atom is 0.303 e. The van der Waals surface area contributed by atoms with E-state index < -0.39 is 21.5 Å². The van der Waals surface area contributed by atoms with Gasteiger partial charge in [0.05, 0.1) is 11.0 Å². The summed E-state index contributed by atoms with van der Waals surface area (Å²) in [7, 11) is -0.991. The average Bonchev–Trinajstić information content (AvgIpc) is 3.36. The number of nitrogens with zero attached hydrogens (tertiary/aromatic N) is 2. The van der Waals surface area contributed by atoms with Gasteiger partial charge in [0.2, 0.25) is 5.36 Å². The fraction of sp³-hybridized carbons (Fsp3) is 0.349. The molecule has 0 aromatic heterocycles. The number of unbranched alkanes of at least 4 members (excludes halogenated alkanes) is 2. The molecule has 5 rings (SSSR count). The van der Waals surface area contributed by atoms with Crippen LogP contribution in [-0.4, -0.2) is 71.1 Å². The fourth-order valence-corrected chi connectivity index (χ4v) is 7.53. The van der Waals surface area contributed by atoms with Gasteiger partial charge in [-0.1, -0.05) is 74.9 Å². The summed E-state index contributed by atoms with van der Waals surface area (Å²) in [4.78, 5) is 13.1. The lowest BCUT2D eigenvalue weighted by Gasteiger charge is -2.27.